The lowest BCUT2D eigenvalue weighted by Crippen LogP contribution is -2.53. The molecule has 2 atom stereocenters. The maximum absolute atomic E-state index is 11.7. The Hall–Kier alpha value is -1.53. The quantitative estimate of drug-likeness (QED) is 0.560. The summed E-state index contributed by atoms with van der Waals surface area (Å²) in [5.41, 5.74) is 1.32. The number of carbonyl (C=O) groups excluding carboxylic acids is 1. The summed E-state index contributed by atoms with van der Waals surface area (Å²) >= 11 is 0. The highest BCUT2D eigenvalue weighted by molar-refractivity contribution is 5.80. The zero-order valence-corrected chi connectivity index (χ0v) is 19.8. The molecule has 0 saturated carbocycles. The van der Waals surface area contributed by atoms with E-state index in [9.17, 15) is 4.79 Å². The summed E-state index contributed by atoms with van der Waals surface area (Å²) in [4.78, 5) is 28.9. The van der Waals surface area contributed by atoms with Crippen LogP contribution in [0.5, 0.6) is 0 Å². The molecule has 31 heavy (non-hydrogen) atoms. The number of hydrogen-bond donors (Lipinski definition) is 0. The molecular weight excluding hydrogens is 386 g/mol. The molecular formula is C25H41N5O. The summed E-state index contributed by atoms with van der Waals surface area (Å²) in [7, 11) is 2.23. The highest BCUT2D eigenvalue weighted by Gasteiger charge is 2.40. The largest absolute Gasteiger partial charge is 0.332 e. The third-order valence-corrected chi connectivity index (χ3v) is 7.65. The van der Waals surface area contributed by atoms with Crippen molar-refractivity contribution in [1.82, 2.24) is 19.8 Å². The number of carbonyl (C=O) groups is 1. The van der Waals surface area contributed by atoms with E-state index >= 15 is 0 Å². The number of rotatable bonds is 9. The van der Waals surface area contributed by atoms with Gasteiger partial charge in [-0.25, -0.2) is 9.97 Å². The lowest BCUT2D eigenvalue weighted by Gasteiger charge is -2.39. The number of piperidine rings is 1. The number of nitrogens with zero attached hydrogens (tertiary/aromatic N) is 5. The van der Waals surface area contributed by atoms with Crippen molar-refractivity contribution >= 4 is 11.7 Å². The molecule has 0 spiro atoms. The van der Waals surface area contributed by atoms with Crippen molar-refractivity contribution in [1.29, 1.82) is 0 Å². The number of likely N-dealkylation sites (tertiary alicyclic amines) is 2. The van der Waals surface area contributed by atoms with Crippen LogP contribution in [0.1, 0.15) is 76.7 Å². The minimum absolute atomic E-state index is 0.189. The summed E-state index contributed by atoms with van der Waals surface area (Å²) in [5.74, 6) is 2.14. The van der Waals surface area contributed by atoms with E-state index in [0.29, 0.717) is 23.8 Å². The fourth-order valence-electron chi connectivity index (χ4n) is 5.71. The molecule has 6 nitrogen and oxygen atoms in total. The van der Waals surface area contributed by atoms with Gasteiger partial charge in [0.1, 0.15) is 5.78 Å². The summed E-state index contributed by atoms with van der Waals surface area (Å²) in [6.45, 7) is 9.77. The minimum Gasteiger partial charge on any atom is -0.332 e. The lowest BCUT2D eigenvalue weighted by atomic mass is 9.91. The van der Waals surface area contributed by atoms with Crippen molar-refractivity contribution in [3.8, 4) is 0 Å². The standard InChI is InChI=1S/C25H41N5O/c1-19(2)24(31)7-5-4-6-12-29-13-10-20(11-14-29)21-15-26-25(27-16-21)30-22-8-9-23(30)18-28(3)17-22/h15-16,19-20,22-23H,4-14,17-18H2,1-3H3. The molecule has 0 aromatic carbocycles. The molecule has 172 valence electrons. The van der Waals surface area contributed by atoms with Gasteiger partial charge in [0.15, 0.2) is 0 Å². The smallest absolute Gasteiger partial charge is 0.225 e. The van der Waals surface area contributed by atoms with Crippen LogP contribution in [0.25, 0.3) is 0 Å². The van der Waals surface area contributed by atoms with Gasteiger partial charge in [0.05, 0.1) is 0 Å². The first-order chi connectivity index (χ1) is 15.0. The van der Waals surface area contributed by atoms with Crippen LogP contribution in [-0.2, 0) is 4.79 Å². The highest BCUT2D eigenvalue weighted by atomic mass is 16.1. The molecule has 3 fully saturated rings. The maximum Gasteiger partial charge on any atom is 0.225 e. The van der Waals surface area contributed by atoms with Gasteiger partial charge in [0, 0.05) is 49.9 Å². The molecule has 3 aliphatic rings. The number of hydrogen-bond acceptors (Lipinski definition) is 6. The number of aromatic nitrogens is 2. The van der Waals surface area contributed by atoms with Crippen molar-refractivity contribution < 1.29 is 4.79 Å². The van der Waals surface area contributed by atoms with Crippen LogP contribution < -0.4 is 4.90 Å². The highest BCUT2D eigenvalue weighted by Crippen LogP contribution is 2.33. The van der Waals surface area contributed by atoms with Crippen molar-refractivity contribution in [2.75, 3.05) is 44.7 Å². The van der Waals surface area contributed by atoms with Crippen LogP contribution in [-0.4, -0.2) is 77.4 Å². The van der Waals surface area contributed by atoms with Gasteiger partial charge in [-0.05, 0) is 76.7 Å². The average molecular weight is 428 g/mol. The van der Waals surface area contributed by atoms with Gasteiger partial charge in [-0.2, -0.15) is 0 Å². The third-order valence-electron chi connectivity index (χ3n) is 7.65. The zero-order valence-electron chi connectivity index (χ0n) is 19.8. The normalized spacial score (nSPS) is 25.5. The molecule has 2 unspecified atom stereocenters. The zero-order chi connectivity index (χ0) is 21.8. The Kier molecular flexibility index (Phi) is 7.59. The van der Waals surface area contributed by atoms with Gasteiger partial charge >= 0.3 is 0 Å². The lowest BCUT2D eigenvalue weighted by molar-refractivity contribution is -0.122. The summed E-state index contributed by atoms with van der Waals surface area (Å²) < 4.78 is 0. The fraction of sp³-hybridized carbons (Fsp3) is 0.800. The van der Waals surface area contributed by atoms with Crippen LogP contribution in [0.15, 0.2) is 12.4 Å². The fourth-order valence-corrected chi connectivity index (χ4v) is 5.71. The first-order valence-electron chi connectivity index (χ1n) is 12.5. The van der Waals surface area contributed by atoms with E-state index in [0.717, 1.165) is 31.9 Å². The molecule has 1 aromatic heterocycles. The number of piperazine rings is 1. The molecule has 3 aliphatic heterocycles. The SMILES string of the molecule is CC(C)C(=O)CCCCCN1CCC(c2cnc(N3C4CCC3CN(C)C4)nc2)CC1. The molecule has 0 amide bonds. The number of Topliss-reactive ketones (excluding diaryl/α,β-unsaturated/α-hetero) is 1. The summed E-state index contributed by atoms with van der Waals surface area (Å²) in [5, 5.41) is 0. The number of likely N-dealkylation sites (N-methyl/N-ethyl adjacent to an activating group) is 1. The Morgan fingerprint density at radius 1 is 1.00 bits per heavy atom. The van der Waals surface area contributed by atoms with Gasteiger partial charge in [-0.1, -0.05) is 20.3 Å². The number of fused-ring (bicyclic) bond motifs is 2. The molecule has 0 aliphatic carbocycles. The molecule has 6 heteroatoms. The van der Waals surface area contributed by atoms with Crippen molar-refractivity contribution in [2.45, 2.75) is 83.2 Å². The number of ketones is 1. The number of unbranched alkanes of at least 4 members (excludes halogenated alkanes) is 2. The van der Waals surface area contributed by atoms with Gasteiger partial charge < -0.3 is 14.7 Å². The van der Waals surface area contributed by atoms with E-state index in [-0.39, 0.29) is 5.92 Å². The predicted molar refractivity (Wildman–Crippen MR) is 126 cm³/mol. The average Bonchev–Trinajstić information content (AvgIpc) is 3.04. The van der Waals surface area contributed by atoms with Gasteiger partial charge in [-0.3, -0.25) is 4.79 Å². The molecule has 4 heterocycles. The van der Waals surface area contributed by atoms with Crippen LogP contribution in [0.3, 0.4) is 0 Å². The Bertz CT molecular complexity index is 699. The van der Waals surface area contributed by atoms with Gasteiger partial charge in [0.2, 0.25) is 5.95 Å². The summed E-state index contributed by atoms with van der Waals surface area (Å²) in [6.07, 6.45) is 13.3. The van der Waals surface area contributed by atoms with E-state index in [1.807, 2.05) is 13.8 Å². The molecule has 0 N–H and O–H groups in total. The van der Waals surface area contributed by atoms with Crippen molar-refractivity contribution in [2.24, 2.45) is 5.92 Å². The van der Waals surface area contributed by atoms with Crippen LogP contribution in [0, 0.1) is 5.92 Å². The van der Waals surface area contributed by atoms with Crippen molar-refractivity contribution in [3.05, 3.63) is 18.0 Å². The molecule has 0 radical (unpaired) electrons. The van der Waals surface area contributed by atoms with Gasteiger partial charge in [-0.15, -0.1) is 0 Å². The minimum atomic E-state index is 0.189. The van der Waals surface area contributed by atoms with E-state index in [4.69, 9.17) is 9.97 Å². The Morgan fingerprint density at radius 2 is 1.65 bits per heavy atom. The first-order valence-corrected chi connectivity index (χ1v) is 12.5. The monoisotopic (exact) mass is 427 g/mol. The molecule has 1 aromatic rings. The second-order valence-electron chi connectivity index (χ2n) is 10.4. The van der Waals surface area contributed by atoms with E-state index in [1.54, 1.807) is 0 Å². The van der Waals surface area contributed by atoms with E-state index in [2.05, 4.69) is 34.1 Å². The Balaban J connectivity index is 1.19. The third kappa shape index (κ3) is 5.64. The molecule has 4 rings (SSSR count). The van der Waals surface area contributed by atoms with Crippen molar-refractivity contribution in [3.63, 3.8) is 0 Å². The Labute approximate surface area is 188 Å². The Morgan fingerprint density at radius 3 is 2.26 bits per heavy atom. The molecule has 2 bridgehead atoms. The summed E-state index contributed by atoms with van der Waals surface area (Å²) in [6, 6.07) is 1.17. The number of anilines is 1. The van der Waals surface area contributed by atoms with Gasteiger partial charge in [0.25, 0.3) is 0 Å². The second kappa shape index (κ2) is 10.4. The second-order valence-corrected chi connectivity index (χ2v) is 10.4. The molecule has 3 saturated heterocycles. The van der Waals surface area contributed by atoms with E-state index in [1.165, 1.54) is 63.7 Å². The topological polar surface area (TPSA) is 52.6 Å². The van der Waals surface area contributed by atoms with Crippen LogP contribution in [0.4, 0.5) is 5.95 Å². The maximum atomic E-state index is 11.7. The predicted octanol–water partition coefficient (Wildman–Crippen LogP) is 3.72. The van der Waals surface area contributed by atoms with Crippen LogP contribution in [0.2, 0.25) is 0 Å². The van der Waals surface area contributed by atoms with E-state index < -0.39 is 0 Å². The first kappa shape index (κ1) is 22.7. The van der Waals surface area contributed by atoms with Crippen LogP contribution >= 0.6 is 0 Å².